The fourth-order valence-corrected chi connectivity index (χ4v) is 1.47. The van der Waals surface area contributed by atoms with Gasteiger partial charge in [0.25, 0.3) is 11.6 Å². The molecule has 0 N–H and O–H groups in total. The Morgan fingerprint density at radius 2 is 2.17 bits per heavy atom. The summed E-state index contributed by atoms with van der Waals surface area (Å²) < 4.78 is 0. The summed E-state index contributed by atoms with van der Waals surface area (Å²) in [6.07, 6.45) is 0.183. The number of para-hydroxylation sites is 1. The minimum absolute atomic E-state index is 0.0368. The minimum atomic E-state index is -0.587. The molecule has 1 atom stereocenters. The zero-order valence-corrected chi connectivity index (χ0v) is 10.2. The van der Waals surface area contributed by atoms with E-state index in [2.05, 4.69) is 0 Å². The van der Waals surface area contributed by atoms with E-state index in [1.54, 1.807) is 13.0 Å². The zero-order chi connectivity index (χ0) is 13.7. The molecule has 1 unspecified atom stereocenters. The SMILES string of the molecule is CC(CC#N)N(C)C(=O)c1ccccc1[N+](=O)[O-]. The second-order valence-corrected chi connectivity index (χ2v) is 3.90. The highest BCUT2D eigenvalue weighted by molar-refractivity contribution is 5.98. The van der Waals surface area contributed by atoms with Crippen LogP contribution < -0.4 is 0 Å². The van der Waals surface area contributed by atoms with Gasteiger partial charge in [-0.15, -0.1) is 0 Å². The molecule has 6 nitrogen and oxygen atoms in total. The lowest BCUT2D eigenvalue weighted by atomic mass is 10.1. The van der Waals surface area contributed by atoms with Gasteiger partial charge >= 0.3 is 0 Å². The Balaban J connectivity index is 3.04. The number of hydrogen-bond acceptors (Lipinski definition) is 4. The van der Waals surface area contributed by atoms with Gasteiger partial charge in [-0.3, -0.25) is 14.9 Å². The van der Waals surface area contributed by atoms with Gasteiger partial charge in [-0.1, -0.05) is 12.1 Å². The van der Waals surface area contributed by atoms with Crippen LogP contribution in [-0.4, -0.2) is 28.8 Å². The molecule has 0 spiro atoms. The van der Waals surface area contributed by atoms with E-state index >= 15 is 0 Å². The molecule has 0 saturated heterocycles. The summed E-state index contributed by atoms with van der Waals surface area (Å²) in [5, 5.41) is 19.4. The monoisotopic (exact) mass is 247 g/mol. The van der Waals surface area contributed by atoms with Gasteiger partial charge in [0.1, 0.15) is 5.56 Å². The molecule has 0 bridgehead atoms. The van der Waals surface area contributed by atoms with Crippen molar-refractivity contribution in [1.82, 2.24) is 4.90 Å². The van der Waals surface area contributed by atoms with Crippen LogP contribution in [0.3, 0.4) is 0 Å². The quantitative estimate of drug-likeness (QED) is 0.601. The van der Waals surface area contributed by atoms with Gasteiger partial charge in [0.2, 0.25) is 0 Å². The first-order valence-corrected chi connectivity index (χ1v) is 5.36. The number of nitrogens with zero attached hydrogens (tertiary/aromatic N) is 3. The van der Waals surface area contributed by atoms with Crippen molar-refractivity contribution < 1.29 is 9.72 Å². The topological polar surface area (TPSA) is 87.2 Å². The molecule has 0 aromatic heterocycles. The Morgan fingerprint density at radius 1 is 1.56 bits per heavy atom. The maximum absolute atomic E-state index is 12.1. The number of carbonyl (C=O) groups is 1. The van der Waals surface area contributed by atoms with Crippen molar-refractivity contribution in [3.63, 3.8) is 0 Å². The van der Waals surface area contributed by atoms with E-state index in [4.69, 9.17) is 5.26 Å². The summed E-state index contributed by atoms with van der Waals surface area (Å²) in [4.78, 5) is 23.7. The van der Waals surface area contributed by atoms with E-state index in [1.807, 2.05) is 6.07 Å². The van der Waals surface area contributed by atoms with Crippen LogP contribution in [0.15, 0.2) is 24.3 Å². The molecule has 0 saturated carbocycles. The van der Waals surface area contributed by atoms with E-state index in [9.17, 15) is 14.9 Å². The summed E-state index contributed by atoms with van der Waals surface area (Å²) in [5.74, 6) is -0.454. The third-order valence-electron chi connectivity index (χ3n) is 2.70. The lowest BCUT2D eigenvalue weighted by Gasteiger charge is -2.22. The Kier molecular flexibility index (Phi) is 4.38. The van der Waals surface area contributed by atoms with Crippen LogP contribution in [0.25, 0.3) is 0 Å². The van der Waals surface area contributed by atoms with Crippen LogP contribution in [0.2, 0.25) is 0 Å². The summed E-state index contributed by atoms with van der Waals surface area (Å²) in [7, 11) is 1.53. The van der Waals surface area contributed by atoms with Crippen molar-refractivity contribution in [3.05, 3.63) is 39.9 Å². The largest absolute Gasteiger partial charge is 0.338 e. The van der Waals surface area contributed by atoms with Crippen molar-refractivity contribution in [2.75, 3.05) is 7.05 Å². The smallest absolute Gasteiger partial charge is 0.282 e. The number of nitro groups is 1. The highest BCUT2D eigenvalue weighted by Crippen LogP contribution is 2.20. The molecule has 94 valence electrons. The average molecular weight is 247 g/mol. The first-order valence-electron chi connectivity index (χ1n) is 5.36. The number of rotatable bonds is 4. The molecule has 1 amide bonds. The standard InChI is InChI=1S/C12H13N3O3/c1-9(7-8-13)14(2)12(16)10-5-3-4-6-11(10)15(17)18/h3-6,9H,7H2,1-2H3. The van der Waals surface area contributed by atoms with Gasteiger partial charge in [0, 0.05) is 19.2 Å². The van der Waals surface area contributed by atoms with Gasteiger partial charge in [-0.2, -0.15) is 5.26 Å². The lowest BCUT2D eigenvalue weighted by Crippen LogP contribution is -2.35. The third-order valence-corrected chi connectivity index (χ3v) is 2.70. The highest BCUT2D eigenvalue weighted by Gasteiger charge is 2.24. The first-order chi connectivity index (χ1) is 8.49. The average Bonchev–Trinajstić information content (AvgIpc) is 2.37. The summed E-state index contributed by atoms with van der Waals surface area (Å²) >= 11 is 0. The Labute approximate surface area is 105 Å². The number of amides is 1. The zero-order valence-electron chi connectivity index (χ0n) is 10.2. The molecular formula is C12H13N3O3. The number of benzene rings is 1. The molecule has 1 rings (SSSR count). The van der Waals surface area contributed by atoms with Crippen molar-refractivity contribution >= 4 is 11.6 Å². The van der Waals surface area contributed by atoms with Crippen molar-refractivity contribution in [1.29, 1.82) is 5.26 Å². The van der Waals surface area contributed by atoms with Crippen LogP contribution >= 0.6 is 0 Å². The summed E-state index contributed by atoms with van der Waals surface area (Å²) in [6, 6.07) is 7.46. The maximum Gasteiger partial charge on any atom is 0.282 e. The van der Waals surface area contributed by atoms with E-state index in [0.717, 1.165) is 0 Å². The summed E-state index contributed by atoms with van der Waals surface area (Å²) in [6.45, 7) is 1.72. The van der Waals surface area contributed by atoms with Crippen LogP contribution in [0, 0.1) is 21.4 Å². The maximum atomic E-state index is 12.1. The molecule has 1 aromatic rings. The normalized spacial score (nSPS) is 11.4. The molecule has 0 heterocycles. The fraction of sp³-hybridized carbons (Fsp3) is 0.333. The van der Waals surface area contributed by atoms with Crippen LogP contribution in [0.1, 0.15) is 23.7 Å². The molecular weight excluding hydrogens is 234 g/mol. The van der Waals surface area contributed by atoms with E-state index in [1.165, 1.54) is 30.1 Å². The summed E-state index contributed by atoms with van der Waals surface area (Å²) in [5.41, 5.74) is -0.187. The Bertz CT molecular complexity index is 508. The molecule has 0 aliphatic carbocycles. The second kappa shape index (κ2) is 5.77. The lowest BCUT2D eigenvalue weighted by molar-refractivity contribution is -0.385. The fourth-order valence-electron chi connectivity index (χ4n) is 1.47. The molecule has 0 radical (unpaired) electrons. The number of nitro benzene ring substituents is 1. The van der Waals surface area contributed by atoms with E-state index < -0.39 is 10.8 Å². The Hall–Kier alpha value is -2.42. The van der Waals surface area contributed by atoms with E-state index in [-0.39, 0.29) is 23.7 Å². The first kappa shape index (κ1) is 13.6. The van der Waals surface area contributed by atoms with Crippen LogP contribution in [0.5, 0.6) is 0 Å². The van der Waals surface area contributed by atoms with Gasteiger partial charge in [0.15, 0.2) is 0 Å². The van der Waals surface area contributed by atoms with Gasteiger partial charge in [-0.25, -0.2) is 0 Å². The highest BCUT2D eigenvalue weighted by atomic mass is 16.6. The third kappa shape index (κ3) is 2.83. The van der Waals surface area contributed by atoms with Crippen molar-refractivity contribution in [2.45, 2.75) is 19.4 Å². The van der Waals surface area contributed by atoms with Crippen LogP contribution in [0.4, 0.5) is 5.69 Å². The van der Waals surface area contributed by atoms with Crippen molar-refractivity contribution in [3.8, 4) is 6.07 Å². The van der Waals surface area contributed by atoms with Gasteiger partial charge in [0.05, 0.1) is 17.4 Å². The van der Waals surface area contributed by atoms with Gasteiger partial charge in [-0.05, 0) is 13.0 Å². The van der Waals surface area contributed by atoms with Crippen molar-refractivity contribution in [2.24, 2.45) is 0 Å². The van der Waals surface area contributed by atoms with Crippen LogP contribution in [-0.2, 0) is 0 Å². The molecule has 0 aliphatic heterocycles. The molecule has 6 heteroatoms. The molecule has 0 fully saturated rings. The number of carbonyl (C=O) groups excluding carboxylic acids is 1. The number of nitriles is 1. The minimum Gasteiger partial charge on any atom is -0.338 e. The molecule has 18 heavy (non-hydrogen) atoms. The molecule has 0 aliphatic rings. The second-order valence-electron chi connectivity index (χ2n) is 3.90. The van der Waals surface area contributed by atoms with Gasteiger partial charge < -0.3 is 4.90 Å². The van der Waals surface area contributed by atoms with E-state index in [0.29, 0.717) is 0 Å². The predicted molar refractivity (Wildman–Crippen MR) is 64.9 cm³/mol. The predicted octanol–water partition coefficient (Wildman–Crippen LogP) is 1.97. The molecule has 1 aromatic carbocycles. The number of hydrogen-bond donors (Lipinski definition) is 0. The Morgan fingerprint density at radius 3 is 2.72 bits per heavy atom.